The summed E-state index contributed by atoms with van der Waals surface area (Å²) in [5, 5.41) is 0. The SMILES string of the molecule is CCCCCCCCCCCC(CCC)O[Si](C)(C)CCCC. The highest BCUT2D eigenvalue weighted by atomic mass is 28.4. The first kappa shape index (κ1) is 23.2. The summed E-state index contributed by atoms with van der Waals surface area (Å²) in [5.41, 5.74) is 0. The molecule has 140 valence electrons. The van der Waals surface area contributed by atoms with E-state index in [4.69, 9.17) is 4.43 Å². The summed E-state index contributed by atoms with van der Waals surface area (Å²) in [6, 6.07) is 1.33. The minimum atomic E-state index is -1.42. The zero-order valence-electron chi connectivity index (χ0n) is 17.1. The van der Waals surface area contributed by atoms with E-state index in [1.54, 1.807) is 0 Å². The number of rotatable bonds is 17. The van der Waals surface area contributed by atoms with Gasteiger partial charge >= 0.3 is 0 Å². The van der Waals surface area contributed by atoms with E-state index in [9.17, 15) is 0 Å². The van der Waals surface area contributed by atoms with Gasteiger partial charge in [0.2, 0.25) is 0 Å². The Morgan fingerprint density at radius 1 is 0.609 bits per heavy atom. The lowest BCUT2D eigenvalue weighted by Gasteiger charge is -2.29. The maximum absolute atomic E-state index is 6.59. The number of unbranched alkanes of at least 4 members (excludes halogenated alkanes) is 9. The van der Waals surface area contributed by atoms with Crippen LogP contribution in [0.25, 0.3) is 0 Å². The summed E-state index contributed by atoms with van der Waals surface area (Å²) >= 11 is 0. The largest absolute Gasteiger partial charge is 0.414 e. The van der Waals surface area contributed by atoms with Gasteiger partial charge in [-0.15, -0.1) is 0 Å². The van der Waals surface area contributed by atoms with Gasteiger partial charge in [0.1, 0.15) is 0 Å². The monoisotopic (exact) mass is 342 g/mol. The summed E-state index contributed by atoms with van der Waals surface area (Å²) in [7, 11) is -1.42. The van der Waals surface area contributed by atoms with E-state index in [1.165, 1.54) is 95.9 Å². The zero-order valence-corrected chi connectivity index (χ0v) is 18.1. The first-order valence-corrected chi connectivity index (χ1v) is 13.8. The number of hydrogen-bond donors (Lipinski definition) is 0. The van der Waals surface area contributed by atoms with Crippen molar-refractivity contribution in [3.05, 3.63) is 0 Å². The van der Waals surface area contributed by atoms with Crippen LogP contribution in [0.5, 0.6) is 0 Å². The van der Waals surface area contributed by atoms with E-state index in [0.717, 1.165) is 0 Å². The lowest BCUT2D eigenvalue weighted by atomic mass is 10.0. The van der Waals surface area contributed by atoms with Crippen molar-refractivity contribution >= 4 is 8.32 Å². The molecule has 0 rings (SSSR count). The van der Waals surface area contributed by atoms with E-state index in [0.29, 0.717) is 6.10 Å². The van der Waals surface area contributed by atoms with Gasteiger partial charge in [0.05, 0.1) is 0 Å². The third-order valence-corrected chi connectivity index (χ3v) is 7.39. The van der Waals surface area contributed by atoms with Crippen LogP contribution in [0.2, 0.25) is 19.1 Å². The highest BCUT2D eigenvalue weighted by Gasteiger charge is 2.25. The summed E-state index contributed by atoms with van der Waals surface area (Å²) in [6.07, 6.45) is 19.8. The fraction of sp³-hybridized carbons (Fsp3) is 1.00. The predicted octanol–water partition coefficient (Wildman–Crippen LogP) is 8.10. The van der Waals surface area contributed by atoms with Crippen LogP contribution in [0.3, 0.4) is 0 Å². The van der Waals surface area contributed by atoms with Crippen LogP contribution < -0.4 is 0 Å². The van der Waals surface area contributed by atoms with E-state index in [1.807, 2.05) is 0 Å². The molecule has 0 aromatic carbocycles. The van der Waals surface area contributed by atoms with Crippen LogP contribution in [0.15, 0.2) is 0 Å². The van der Waals surface area contributed by atoms with Crippen LogP contribution >= 0.6 is 0 Å². The van der Waals surface area contributed by atoms with Crippen molar-refractivity contribution in [1.29, 1.82) is 0 Å². The Hall–Kier alpha value is 0.177. The smallest absolute Gasteiger partial charge is 0.187 e. The van der Waals surface area contributed by atoms with Gasteiger partial charge in [-0.05, 0) is 32.0 Å². The second kappa shape index (κ2) is 15.7. The molecule has 0 spiro atoms. The number of hydrogen-bond acceptors (Lipinski definition) is 1. The average Bonchev–Trinajstić information content (AvgIpc) is 2.51. The molecule has 23 heavy (non-hydrogen) atoms. The zero-order chi connectivity index (χ0) is 17.4. The van der Waals surface area contributed by atoms with Crippen LogP contribution in [0, 0.1) is 0 Å². The lowest BCUT2D eigenvalue weighted by molar-refractivity contribution is 0.165. The average molecular weight is 343 g/mol. The fourth-order valence-electron chi connectivity index (χ4n) is 3.38. The van der Waals surface area contributed by atoms with Gasteiger partial charge in [0.25, 0.3) is 0 Å². The molecule has 0 aliphatic rings. The molecule has 0 heterocycles. The Labute approximate surface area is 149 Å². The van der Waals surface area contributed by atoms with Gasteiger partial charge in [0.15, 0.2) is 8.32 Å². The molecule has 0 saturated heterocycles. The Morgan fingerprint density at radius 3 is 1.65 bits per heavy atom. The van der Waals surface area contributed by atoms with Crippen molar-refractivity contribution in [3.63, 3.8) is 0 Å². The Morgan fingerprint density at radius 2 is 1.13 bits per heavy atom. The molecule has 1 unspecified atom stereocenters. The third-order valence-electron chi connectivity index (χ3n) is 4.86. The molecule has 0 amide bonds. The van der Waals surface area contributed by atoms with Crippen LogP contribution in [0.4, 0.5) is 0 Å². The van der Waals surface area contributed by atoms with Crippen molar-refractivity contribution in [1.82, 2.24) is 0 Å². The molecule has 1 atom stereocenters. The van der Waals surface area contributed by atoms with E-state index in [-0.39, 0.29) is 0 Å². The van der Waals surface area contributed by atoms with Gasteiger partial charge < -0.3 is 4.43 Å². The van der Waals surface area contributed by atoms with Crippen LogP contribution in [-0.2, 0) is 4.43 Å². The maximum Gasteiger partial charge on any atom is 0.187 e. The van der Waals surface area contributed by atoms with Crippen molar-refractivity contribution in [2.24, 2.45) is 0 Å². The molecular weight excluding hydrogens is 296 g/mol. The molecule has 0 saturated carbocycles. The van der Waals surface area contributed by atoms with Gasteiger partial charge in [0, 0.05) is 6.10 Å². The quantitative estimate of drug-likeness (QED) is 0.192. The summed E-state index contributed by atoms with van der Waals surface area (Å²) in [4.78, 5) is 0. The van der Waals surface area contributed by atoms with Crippen molar-refractivity contribution in [3.8, 4) is 0 Å². The molecule has 0 radical (unpaired) electrons. The topological polar surface area (TPSA) is 9.23 Å². The highest BCUT2D eigenvalue weighted by molar-refractivity contribution is 6.71. The lowest BCUT2D eigenvalue weighted by Crippen LogP contribution is -2.35. The molecule has 0 fully saturated rings. The van der Waals surface area contributed by atoms with Crippen LogP contribution in [0.1, 0.15) is 111 Å². The first-order chi connectivity index (χ1) is 11.1. The molecule has 0 bridgehead atoms. The Balaban J connectivity index is 3.75. The molecule has 0 N–H and O–H groups in total. The van der Waals surface area contributed by atoms with Gasteiger partial charge in [-0.2, -0.15) is 0 Å². The van der Waals surface area contributed by atoms with E-state index < -0.39 is 8.32 Å². The second-order valence-corrected chi connectivity index (χ2v) is 12.3. The van der Waals surface area contributed by atoms with E-state index in [2.05, 4.69) is 33.9 Å². The molecule has 1 nitrogen and oxygen atoms in total. The van der Waals surface area contributed by atoms with Gasteiger partial charge in [-0.3, -0.25) is 0 Å². The standard InChI is InChI=1S/C21H46OSi/c1-6-9-11-12-13-14-15-16-17-19-21(18-8-3)22-23(4,5)20-10-7-2/h21H,6-20H2,1-5H3. The first-order valence-electron chi connectivity index (χ1n) is 10.7. The van der Waals surface area contributed by atoms with Crippen molar-refractivity contribution < 1.29 is 4.43 Å². The molecule has 0 aromatic rings. The predicted molar refractivity (Wildman–Crippen MR) is 109 cm³/mol. The van der Waals surface area contributed by atoms with Gasteiger partial charge in [-0.1, -0.05) is 97.8 Å². The Kier molecular flexibility index (Phi) is 15.8. The molecule has 0 aliphatic carbocycles. The van der Waals surface area contributed by atoms with Crippen LogP contribution in [-0.4, -0.2) is 14.4 Å². The van der Waals surface area contributed by atoms with Crippen molar-refractivity contribution in [2.45, 2.75) is 136 Å². The molecule has 0 aliphatic heterocycles. The van der Waals surface area contributed by atoms with E-state index >= 15 is 0 Å². The summed E-state index contributed by atoms with van der Waals surface area (Å²) in [6.45, 7) is 11.7. The minimum Gasteiger partial charge on any atom is -0.414 e. The van der Waals surface area contributed by atoms with Gasteiger partial charge in [-0.25, -0.2) is 0 Å². The minimum absolute atomic E-state index is 0.545. The molecular formula is C21H46OSi. The molecule has 0 aromatic heterocycles. The second-order valence-electron chi connectivity index (χ2n) is 8.01. The molecule has 2 heteroatoms. The summed E-state index contributed by atoms with van der Waals surface area (Å²) in [5.74, 6) is 0. The Bertz CT molecular complexity index is 240. The third kappa shape index (κ3) is 15.4. The fourth-order valence-corrected chi connectivity index (χ4v) is 5.84. The highest BCUT2D eigenvalue weighted by Crippen LogP contribution is 2.22. The van der Waals surface area contributed by atoms with Crippen molar-refractivity contribution in [2.75, 3.05) is 0 Å². The maximum atomic E-state index is 6.59. The summed E-state index contributed by atoms with van der Waals surface area (Å²) < 4.78 is 6.59. The normalized spacial score (nSPS) is 13.4.